The normalized spacial score (nSPS) is 15.4. The fraction of sp³-hybridized carbons (Fsp3) is 0.364. The van der Waals surface area contributed by atoms with Gasteiger partial charge in [0, 0.05) is 13.1 Å². The Morgan fingerprint density at radius 1 is 1.34 bits per heavy atom. The van der Waals surface area contributed by atoms with E-state index in [9.17, 15) is 13.2 Å². The molecule has 0 saturated carbocycles. The highest BCUT2D eigenvalue weighted by Crippen LogP contribution is 2.23. The Kier molecular flexibility index (Phi) is 8.18. The fourth-order valence-corrected chi connectivity index (χ4v) is 3.17. The van der Waals surface area contributed by atoms with Crippen molar-refractivity contribution in [3.8, 4) is 0 Å². The van der Waals surface area contributed by atoms with Crippen LogP contribution in [-0.4, -0.2) is 39.9 Å². The molecule has 7 nitrogen and oxygen atoms in total. The van der Waals surface area contributed by atoms with E-state index in [2.05, 4.69) is 43.7 Å². The highest BCUT2D eigenvalue weighted by molar-refractivity contribution is 5.54. The molecule has 0 bridgehead atoms. The van der Waals surface area contributed by atoms with Gasteiger partial charge < -0.3 is 15.0 Å². The van der Waals surface area contributed by atoms with Crippen LogP contribution in [0.2, 0.25) is 0 Å². The first-order valence-electron chi connectivity index (χ1n) is 10.2. The van der Waals surface area contributed by atoms with Gasteiger partial charge >= 0.3 is 6.61 Å². The number of allylic oxidation sites excluding steroid dienone is 4. The van der Waals surface area contributed by atoms with E-state index >= 15 is 0 Å². The number of halogens is 3. The number of nitrogens with one attached hydrogen (secondary N) is 1. The van der Waals surface area contributed by atoms with Crippen LogP contribution in [0.4, 0.5) is 30.8 Å². The third kappa shape index (κ3) is 6.79. The lowest BCUT2D eigenvalue weighted by atomic mass is 10.00. The van der Waals surface area contributed by atoms with Gasteiger partial charge in [0.05, 0.1) is 12.4 Å². The van der Waals surface area contributed by atoms with Gasteiger partial charge in [-0.15, -0.1) is 5.10 Å². The van der Waals surface area contributed by atoms with Crippen molar-refractivity contribution < 1.29 is 17.9 Å². The molecule has 3 rings (SSSR count). The van der Waals surface area contributed by atoms with E-state index in [1.165, 1.54) is 24.4 Å². The minimum atomic E-state index is -2.93. The number of hydrogen-bond acceptors (Lipinski definition) is 7. The van der Waals surface area contributed by atoms with Crippen LogP contribution in [0, 0.1) is 11.7 Å². The molecular formula is C22H25F3N6O. The van der Waals surface area contributed by atoms with Gasteiger partial charge in [0.15, 0.2) is 17.5 Å². The zero-order chi connectivity index (χ0) is 22.9. The van der Waals surface area contributed by atoms with Gasteiger partial charge in [-0.2, -0.15) is 18.9 Å². The molecule has 0 radical (unpaired) electrons. The first-order chi connectivity index (χ1) is 15.4. The maximum atomic E-state index is 14.3. The number of alkyl halides is 2. The zero-order valence-electron chi connectivity index (χ0n) is 17.7. The molecule has 170 valence electrons. The van der Waals surface area contributed by atoms with Gasteiger partial charge in [-0.05, 0) is 49.0 Å². The van der Waals surface area contributed by atoms with Crippen LogP contribution in [0.3, 0.4) is 0 Å². The number of aromatic nitrogens is 4. The maximum Gasteiger partial charge on any atom is 0.387 e. The molecule has 1 N–H and O–H groups in total. The maximum absolute atomic E-state index is 14.3. The van der Waals surface area contributed by atoms with E-state index < -0.39 is 12.4 Å². The first kappa shape index (κ1) is 23.2. The number of piperidine rings is 1. The van der Waals surface area contributed by atoms with Gasteiger partial charge in [-0.25, -0.2) is 9.37 Å². The second-order valence-electron chi connectivity index (χ2n) is 7.40. The molecule has 0 unspecified atom stereocenters. The summed E-state index contributed by atoms with van der Waals surface area (Å²) in [6.45, 7) is 4.40. The molecule has 3 heterocycles. The van der Waals surface area contributed by atoms with Gasteiger partial charge in [0.1, 0.15) is 5.76 Å². The Labute approximate surface area is 184 Å². The summed E-state index contributed by atoms with van der Waals surface area (Å²) in [4.78, 5) is 10.5. The molecule has 32 heavy (non-hydrogen) atoms. The zero-order valence-corrected chi connectivity index (χ0v) is 17.7. The predicted octanol–water partition coefficient (Wildman–Crippen LogP) is 4.79. The third-order valence-corrected chi connectivity index (χ3v) is 4.90. The van der Waals surface area contributed by atoms with Crippen LogP contribution in [0.5, 0.6) is 0 Å². The molecule has 0 spiro atoms. The molecule has 2 aromatic heterocycles. The van der Waals surface area contributed by atoms with Crippen molar-refractivity contribution in [2.75, 3.05) is 23.3 Å². The summed E-state index contributed by atoms with van der Waals surface area (Å²) in [5, 5.41) is 10.7. The molecule has 0 aliphatic carbocycles. The molecular weight excluding hydrogens is 421 g/mol. The molecule has 0 atom stereocenters. The quantitative estimate of drug-likeness (QED) is 0.438. The molecule has 2 aromatic rings. The van der Waals surface area contributed by atoms with Crippen molar-refractivity contribution in [3.05, 3.63) is 66.5 Å². The van der Waals surface area contributed by atoms with E-state index in [1.807, 2.05) is 4.90 Å². The highest BCUT2D eigenvalue weighted by Gasteiger charge is 2.19. The Hall–Kier alpha value is -3.43. The van der Waals surface area contributed by atoms with Crippen molar-refractivity contribution in [2.24, 2.45) is 5.92 Å². The van der Waals surface area contributed by atoms with E-state index in [1.54, 1.807) is 12.1 Å². The molecule has 10 heteroatoms. The summed E-state index contributed by atoms with van der Waals surface area (Å²) in [5.41, 5.74) is 0.730. The Bertz CT molecular complexity index is 974. The molecule has 1 saturated heterocycles. The molecule has 1 aliphatic heterocycles. The number of ether oxygens (including phenoxy) is 1. The SMILES string of the molecule is C=C/C=C(\C=C/Cc1cnnc(Nc2nc(N3CCC(C)CC3)ncc2F)c1)OC(F)F. The van der Waals surface area contributed by atoms with Crippen LogP contribution in [-0.2, 0) is 11.2 Å². The number of anilines is 3. The minimum absolute atomic E-state index is 0.0113. The van der Waals surface area contributed by atoms with Crippen LogP contribution >= 0.6 is 0 Å². The van der Waals surface area contributed by atoms with Crippen LogP contribution in [0.1, 0.15) is 25.3 Å². The van der Waals surface area contributed by atoms with Gasteiger partial charge in [-0.1, -0.05) is 25.7 Å². The van der Waals surface area contributed by atoms with Crippen LogP contribution in [0.25, 0.3) is 0 Å². The largest absolute Gasteiger partial charge is 0.435 e. The lowest BCUT2D eigenvalue weighted by molar-refractivity contribution is -0.0920. The molecule has 0 aromatic carbocycles. The fourth-order valence-electron chi connectivity index (χ4n) is 3.17. The summed E-state index contributed by atoms with van der Waals surface area (Å²) in [7, 11) is 0. The summed E-state index contributed by atoms with van der Waals surface area (Å²) in [6.07, 6.45) is 10.8. The minimum Gasteiger partial charge on any atom is -0.435 e. The van der Waals surface area contributed by atoms with Crippen molar-refractivity contribution in [1.29, 1.82) is 0 Å². The predicted molar refractivity (Wildman–Crippen MR) is 116 cm³/mol. The van der Waals surface area contributed by atoms with E-state index in [0.29, 0.717) is 24.1 Å². The topological polar surface area (TPSA) is 76.1 Å². The Morgan fingerprint density at radius 2 is 2.12 bits per heavy atom. The monoisotopic (exact) mass is 446 g/mol. The van der Waals surface area contributed by atoms with E-state index in [4.69, 9.17) is 0 Å². The summed E-state index contributed by atoms with van der Waals surface area (Å²) < 4.78 is 43.5. The summed E-state index contributed by atoms with van der Waals surface area (Å²) >= 11 is 0. The second kappa shape index (κ2) is 11.3. The smallest absolute Gasteiger partial charge is 0.387 e. The van der Waals surface area contributed by atoms with Crippen LogP contribution in [0.15, 0.2) is 55.1 Å². The van der Waals surface area contributed by atoms with Crippen molar-refractivity contribution >= 4 is 17.6 Å². The first-order valence-corrected chi connectivity index (χ1v) is 10.2. The standard InChI is InChI=1S/C22H25F3N6O/c1-3-5-17(32-21(24)25)7-4-6-16-12-19(30-27-13-16)28-20-18(23)14-26-22(29-20)31-10-8-15(2)9-11-31/h3-5,7,12-15,21H,1,6,8-11H2,2H3,(H,26,28,29,30)/b7-4-,17-5+. The van der Waals surface area contributed by atoms with Crippen molar-refractivity contribution in [3.63, 3.8) is 0 Å². The summed E-state index contributed by atoms with van der Waals surface area (Å²) in [6, 6.07) is 1.67. The highest BCUT2D eigenvalue weighted by atomic mass is 19.3. The van der Waals surface area contributed by atoms with Crippen molar-refractivity contribution in [1.82, 2.24) is 20.2 Å². The van der Waals surface area contributed by atoms with Gasteiger partial charge in [-0.3, -0.25) is 0 Å². The number of rotatable bonds is 9. The van der Waals surface area contributed by atoms with Gasteiger partial charge in [0.2, 0.25) is 5.95 Å². The van der Waals surface area contributed by atoms with Crippen LogP contribution < -0.4 is 10.2 Å². The lowest BCUT2D eigenvalue weighted by Crippen LogP contribution is -2.34. The molecule has 0 amide bonds. The lowest BCUT2D eigenvalue weighted by Gasteiger charge is -2.30. The average Bonchev–Trinajstić information content (AvgIpc) is 2.76. The third-order valence-electron chi connectivity index (χ3n) is 4.90. The summed E-state index contributed by atoms with van der Waals surface area (Å²) in [5.74, 6) is 0.817. The van der Waals surface area contributed by atoms with E-state index in [-0.39, 0.29) is 11.6 Å². The van der Waals surface area contributed by atoms with E-state index in [0.717, 1.165) is 37.7 Å². The second-order valence-corrected chi connectivity index (χ2v) is 7.40. The molecule has 1 fully saturated rings. The van der Waals surface area contributed by atoms with Gasteiger partial charge in [0.25, 0.3) is 0 Å². The number of nitrogens with zero attached hydrogens (tertiary/aromatic N) is 5. The number of hydrogen-bond donors (Lipinski definition) is 1. The van der Waals surface area contributed by atoms with Crippen molar-refractivity contribution in [2.45, 2.75) is 32.8 Å². The Balaban J connectivity index is 1.68. The molecule has 1 aliphatic rings. The Morgan fingerprint density at radius 3 is 2.84 bits per heavy atom. The average molecular weight is 446 g/mol.